The van der Waals surface area contributed by atoms with Gasteiger partial charge in [0.1, 0.15) is 23.7 Å². The summed E-state index contributed by atoms with van der Waals surface area (Å²) in [4.78, 5) is 83.3. The van der Waals surface area contributed by atoms with Crippen LogP contribution < -0.4 is 40.6 Å². The van der Waals surface area contributed by atoms with E-state index in [9.17, 15) is 60.2 Å². The Hall–Kier alpha value is -6.72. The number of esters is 1. The van der Waals surface area contributed by atoms with Gasteiger partial charge in [-0.05, 0) is 219 Å². The fraction of sp³-hybridized carbons (Fsp3) is 0.472. The number of likely N-dealkylation sites (N-methyl/N-ethyl adjacent to an activating group) is 2. The van der Waals surface area contributed by atoms with Gasteiger partial charge in [-0.25, -0.2) is 8.78 Å². The van der Waals surface area contributed by atoms with Crippen molar-refractivity contribution < 1.29 is 88.5 Å². The van der Waals surface area contributed by atoms with Crippen LogP contribution in [0.15, 0.2) is 82.6 Å². The largest absolute Gasteiger partial charge is 1.00 e. The molecule has 0 saturated carbocycles. The molecule has 6 rings (SSSR count). The van der Waals surface area contributed by atoms with Crippen molar-refractivity contribution in [3.05, 3.63) is 183 Å². The second-order valence-corrected chi connectivity index (χ2v) is 26.0. The molecule has 26 heteroatoms. The van der Waals surface area contributed by atoms with Crippen molar-refractivity contribution in [3.63, 3.8) is 0 Å². The number of hydrogen-bond donors (Lipinski definition) is 3. The molecule has 4 aromatic carbocycles. The number of rotatable bonds is 25. The van der Waals surface area contributed by atoms with Crippen LogP contribution >= 0.6 is 27.0 Å². The Morgan fingerprint density at radius 3 is 1.15 bits per heavy atom. The molecule has 0 aliphatic carbocycles. The van der Waals surface area contributed by atoms with E-state index >= 15 is 8.78 Å². The molecule has 4 N–H and O–H groups in total. The van der Waals surface area contributed by atoms with E-state index in [-0.39, 0.29) is 93.7 Å². The number of alkyl halides is 6. The van der Waals surface area contributed by atoms with Crippen molar-refractivity contribution in [2.24, 2.45) is 11.8 Å². The third-order valence-electron chi connectivity index (χ3n) is 16.3. The van der Waals surface area contributed by atoms with Crippen LogP contribution in [0.2, 0.25) is 0 Å². The zero-order chi connectivity index (χ0) is 70.8. The number of carboxylic acids is 1. The number of halogens is 8. The average Bonchev–Trinajstić information content (AvgIpc) is 0.775. The molecule has 98 heavy (non-hydrogen) atoms. The SMILES string of the molecule is CCOC(=O)C[C@H](NC(=O)C(CC(C)C)n1cc(CCN(C)C)c(C)cc1=O)c1cc(-c2c(C)cc(C)cc2C)cc(C(F)(F)F)c1F.Cc1cc(C)c(-c2cc([C@H](CC(=O)O)NC(=O)C(CC(C)C)n3cc(CCN(C)C)c(C)cc3=O)c(F)c(C(F)(F)F)c2)c(C)c1.S.S.[Li+].[OH-]. The first kappa shape index (κ1) is 89.3. The van der Waals surface area contributed by atoms with Crippen molar-refractivity contribution >= 4 is 50.7 Å². The van der Waals surface area contributed by atoms with Crippen molar-refractivity contribution in [2.45, 2.75) is 165 Å². The van der Waals surface area contributed by atoms with Crippen molar-refractivity contribution in [1.82, 2.24) is 29.6 Å². The standard InChI is InChI=1S/C37H47F4N3O4.C35H43F4N3O4.Li.H2O.2H2S/c1-10-48-33(46)19-30(28-17-27(18-29(35(28)38)37(39,40)41)34-24(6)14-22(4)15-25(34)7)42-36(47)31(13-21(2)3)44-20-26(11-12-43(8)9)23(5)16-32(44)45;1-19(2)11-29(42-18-24(9-10-41(7)8)21(4)14-30(42)43)34(46)40-28(17-31(44)45)26-15-25(16-27(33(26)36)35(37,38)39)32-22(5)12-20(3)13-23(32)6;;;;/h14-18,20-21,30-31H,10-13,19H2,1-9H3,(H,42,47);12-16,18-19,28-29H,9-11,17H2,1-8H3,(H,40,46)(H,44,45);;3*1H2/q;;+1;;;/p-1/t30-,31?;28-,29?;;;;/m00..../s1. The number of aliphatic carboxylic acids is 1. The van der Waals surface area contributed by atoms with Gasteiger partial charge in [-0.2, -0.15) is 53.3 Å². The second kappa shape index (κ2) is 38.2. The summed E-state index contributed by atoms with van der Waals surface area (Å²) < 4.78 is 125. The molecule has 2 unspecified atom stereocenters. The van der Waals surface area contributed by atoms with Gasteiger partial charge in [-0.1, -0.05) is 63.1 Å². The molecule has 15 nitrogen and oxygen atoms in total. The molecule has 0 aliphatic rings. The zero-order valence-corrected chi connectivity index (χ0v) is 61.3. The molecule has 2 heterocycles. The van der Waals surface area contributed by atoms with Gasteiger partial charge in [0.25, 0.3) is 11.1 Å². The summed E-state index contributed by atoms with van der Waals surface area (Å²) in [6, 6.07) is 8.58. The van der Waals surface area contributed by atoms with Gasteiger partial charge in [0.05, 0.1) is 42.7 Å². The molecular weight excluding hydrogens is 1320 g/mol. The predicted molar refractivity (Wildman–Crippen MR) is 372 cm³/mol. The summed E-state index contributed by atoms with van der Waals surface area (Å²) in [7, 11) is 7.65. The monoisotopic (exact) mass is 1410 g/mol. The molecule has 6 aromatic rings. The van der Waals surface area contributed by atoms with Crippen molar-refractivity contribution in [1.29, 1.82) is 0 Å². The van der Waals surface area contributed by atoms with Crippen LogP contribution in [0.25, 0.3) is 22.3 Å². The van der Waals surface area contributed by atoms with Gasteiger partial charge >= 0.3 is 43.2 Å². The third kappa shape index (κ3) is 24.0. The summed E-state index contributed by atoms with van der Waals surface area (Å²) in [5, 5.41) is 14.9. The molecule has 4 atom stereocenters. The molecule has 0 spiro atoms. The molecule has 0 aliphatic heterocycles. The average molecular weight is 1410 g/mol. The van der Waals surface area contributed by atoms with Gasteiger partial charge in [-0.3, -0.25) is 28.8 Å². The molecule has 2 aromatic heterocycles. The van der Waals surface area contributed by atoms with Crippen LogP contribution in [0.1, 0.15) is 162 Å². The first-order valence-electron chi connectivity index (χ1n) is 31.3. The number of carbonyl (C=O) groups excluding carboxylic acids is 3. The first-order valence-corrected chi connectivity index (χ1v) is 31.3. The van der Waals surface area contributed by atoms with Crippen LogP contribution in [-0.2, 0) is 49.1 Å². The Labute approximate surface area is 595 Å². The number of aromatic nitrogens is 2. The van der Waals surface area contributed by atoms with Crippen LogP contribution in [0.5, 0.6) is 0 Å². The molecule has 0 fully saturated rings. The number of aryl methyl sites for hydroxylation is 8. The molecule has 0 saturated heterocycles. The minimum absolute atomic E-state index is 0. The molecular formula is C72H95F8LiN6O9S2. The Balaban J connectivity index is 0.000000942. The normalized spacial score (nSPS) is 12.7. The Bertz CT molecular complexity index is 3830. The van der Waals surface area contributed by atoms with E-state index in [0.717, 1.165) is 39.4 Å². The maximum absolute atomic E-state index is 16.0. The van der Waals surface area contributed by atoms with E-state index in [2.05, 4.69) is 10.6 Å². The number of ether oxygens (including phenoxy) is 1. The number of hydrogen-bond acceptors (Lipinski definition) is 10. The topological polar surface area (TPSA) is 202 Å². The number of carbonyl (C=O) groups is 4. The number of nitrogens with zero attached hydrogens (tertiary/aromatic N) is 4. The fourth-order valence-corrected chi connectivity index (χ4v) is 12.0. The molecule has 0 bridgehead atoms. The number of pyridine rings is 2. The van der Waals surface area contributed by atoms with Crippen LogP contribution in [0.3, 0.4) is 0 Å². The summed E-state index contributed by atoms with van der Waals surface area (Å²) >= 11 is 0. The van der Waals surface area contributed by atoms with E-state index in [4.69, 9.17) is 4.74 Å². The van der Waals surface area contributed by atoms with Crippen molar-refractivity contribution in [3.8, 4) is 22.3 Å². The van der Waals surface area contributed by atoms with Gasteiger partial charge < -0.3 is 44.9 Å². The van der Waals surface area contributed by atoms with Crippen LogP contribution in [0, 0.1) is 78.9 Å². The predicted octanol–water partition coefficient (Wildman–Crippen LogP) is 11.4. The maximum atomic E-state index is 16.0. The zero-order valence-electron chi connectivity index (χ0n) is 59.3. The number of amides is 2. The Kier molecular flexibility index (Phi) is 34.8. The van der Waals surface area contributed by atoms with E-state index in [0.29, 0.717) is 65.4 Å². The fourth-order valence-electron chi connectivity index (χ4n) is 12.0. The smallest absolute Gasteiger partial charge is 0.870 e. The minimum atomic E-state index is -5.10. The Morgan fingerprint density at radius 2 is 0.867 bits per heavy atom. The van der Waals surface area contributed by atoms with Gasteiger partial charge in [0, 0.05) is 48.7 Å². The molecule has 536 valence electrons. The van der Waals surface area contributed by atoms with E-state index in [1.54, 1.807) is 66.1 Å². The number of benzene rings is 4. The van der Waals surface area contributed by atoms with Crippen LogP contribution in [0.4, 0.5) is 35.1 Å². The first-order chi connectivity index (χ1) is 43.6. The molecule has 2 amide bonds. The van der Waals surface area contributed by atoms with Crippen LogP contribution in [-0.4, -0.2) is 101 Å². The second-order valence-electron chi connectivity index (χ2n) is 26.0. The van der Waals surface area contributed by atoms with Crippen molar-refractivity contribution in [2.75, 3.05) is 47.9 Å². The van der Waals surface area contributed by atoms with Gasteiger partial charge in [0.2, 0.25) is 11.8 Å². The molecule has 0 radical (unpaired) electrons. The summed E-state index contributed by atoms with van der Waals surface area (Å²) in [6.45, 7) is 24.6. The van der Waals surface area contributed by atoms with Gasteiger partial charge in [-0.15, -0.1) is 0 Å². The quantitative estimate of drug-likeness (QED) is 0.0280. The Morgan fingerprint density at radius 1 is 0.541 bits per heavy atom. The number of carboxylic acid groups (broad SMARTS) is 1. The summed E-state index contributed by atoms with van der Waals surface area (Å²) in [5.41, 5.74) is 3.66. The van der Waals surface area contributed by atoms with Gasteiger partial charge in [0.15, 0.2) is 0 Å². The van der Waals surface area contributed by atoms with E-state index < -0.39 is 118 Å². The maximum Gasteiger partial charge on any atom is 1.00 e. The summed E-state index contributed by atoms with van der Waals surface area (Å²) in [5.74, 6) is -7.25. The third-order valence-corrected chi connectivity index (χ3v) is 16.3. The summed E-state index contributed by atoms with van der Waals surface area (Å²) in [6.07, 6.45) is -6.88. The minimum Gasteiger partial charge on any atom is -0.870 e. The van der Waals surface area contributed by atoms with E-state index in [1.165, 1.54) is 33.4 Å². The van der Waals surface area contributed by atoms with E-state index in [1.807, 2.05) is 98.6 Å². The number of nitrogens with one attached hydrogen (secondary N) is 2.